The predicted molar refractivity (Wildman–Crippen MR) is 116 cm³/mol. The highest BCUT2D eigenvalue weighted by Gasteiger charge is 2.36. The van der Waals surface area contributed by atoms with Crippen LogP contribution < -0.4 is 0 Å². The second-order valence-corrected chi connectivity index (χ2v) is 7.94. The molecule has 2 amide bonds. The van der Waals surface area contributed by atoms with E-state index < -0.39 is 11.1 Å². The third-order valence-electron chi connectivity index (χ3n) is 5.00. The minimum Gasteiger partial charge on any atom is -0.347 e. The minimum absolute atomic E-state index is 0.248. The van der Waals surface area contributed by atoms with Gasteiger partial charge in [0.1, 0.15) is 0 Å². The Kier molecular flexibility index (Phi) is 5.11. The number of aromatic nitrogens is 1. The zero-order chi connectivity index (χ0) is 20.5. The van der Waals surface area contributed by atoms with Crippen LogP contribution in [0.25, 0.3) is 17.0 Å². The number of hydrogen-bond acceptors (Lipinski definition) is 4. The molecule has 0 spiro atoms. The topological polar surface area (TPSA) is 59.4 Å². The Morgan fingerprint density at radius 3 is 2.52 bits per heavy atom. The standard InChI is InChI=1S/C23H20N2O3S/c1-3-24-13-17(18-6-4-5-7-19(18)24)12-21-22(27)25(23(28)29-21)14-20(26)16-10-8-15(2)9-11-16/h4-13H,3,14H2,1-2H3/b21-12-. The van der Waals surface area contributed by atoms with E-state index in [1.165, 1.54) is 0 Å². The zero-order valence-electron chi connectivity index (χ0n) is 16.2. The number of nitrogens with zero attached hydrogens (tertiary/aromatic N) is 2. The third-order valence-corrected chi connectivity index (χ3v) is 5.90. The molecule has 1 aliphatic heterocycles. The lowest BCUT2D eigenvalue weighted by Gasteiger charge is -2.11. The van der Waals surface area contributed by atoms with Crippen molar-refractivity contribution in [3.05, 3.63) is 76.3 Å². The molecule has 6 heteroatoms. The molecule has 0 aliphatic carbocycles. The largest absolute Gasteiger partial charge is 0.347 e. The van der Waals surface area contributed by atoms with Crippen molar-refractivity contribution >= 4 is 45.7 Å². The van der Waals surface area contributed by atoms with Gasteiger partial charge >= 0.3 is 0 Å². The van der Waals surface area contributed by atoms with Crippen molar-refractivity contribution in [2.24, 2.45) is 0 Å². The monoisotopic (exact) mass is 404 g/mol. The molecule has 1 fully saturated rings. The first-order valence-corrected chi connectivity index (χ1v) is 10.2. The van der Waals surface area contributed by atoms with Gasteiger partial charge < -0.3 is 4.57 Å². The fraction of sp³-hybridized carbons (Fsp3) is 0.174. The molecule has 0 saturated carbocycles. The number of thioether (sulfide) groups is 1. The van der Waals surface area contributed by atoms with Crippen LogP contribution in [0, 0.1) is 6.92 Å². The molecule has 5 nitrogen and oxygen atoms in total. The van der Waals surface area contributed by atoms with Crippen molar-refractivity contribution in [3.8, 4) is 0 Å². The number of benzene rings is 2. The number of fused-ring (bicyclic) bond motifs is 1. The van der Waals surface area contributed by atoms with Crippen molar-refractivity contribution in [1.29, 1.82) is 0 Å². The number of aryl methyl sites for hydroxylation is 2. The highest BCUT2D eigenvalue weighted by Crippen LogP contribution is 2.34. The van der Waals surface area contributed by atoms with Gasteiger partial charge in [0.05, 0.1) is 11.4 Å². The Bertz CT molecular complexity index is 1160. The van der Waals surface area contributed by atoms with Gasteiger partial charge in [0.2, 0.25) is 0 Å². The maximum absolute atomic E-state index is 12.8. The van der Waals surface area contributed by atoms with E-state index in [1.807, 2.05) is 49.5 Å². The molecule has 2 heterocycles. The van der Waals surface area contributed by atoms with Crippen LogP contribution in [0.1, 0.15) is 28.4 Å². The fourth-order valence-corrected chi connectivity index (χ4v) is 4.23. The Balaban J connectivity index is 1.60. The second kappa shape index (κ2) is 7.72. The van der Waals surface area contributed by atoms with E-state index in [9.17, 15) is 14.4 Å². The van der Waals surface area contributed by atoms with Crippen LogP contribution in [0.15, 0.2) is 59.6 Å². The lowest BCUT2D eigenvalue weighted by molar-refractivity contribution is -0.122. The van der Waals surface area contributed by atoms with Crippen LogP contribution in [0.4, 0.5) is 4.79 Å². The number of carbonyl (C=O) groups excluding carboxylic acids is 3. The average molecular weight is 404 g/mol. The average Bonchev–Trinajstić information content (AvgIpc) is 3.21. The second-order valence-electron chi connectivity index (χ2n) is 6.94. The van der Waals surface area contributed by atoms with Gasteiger partial charge in [-0.05, 0) is 37.8 Å². The quantitative estimate of drug-likeness (QED) is 0.449. The van der Waals surface area contributed by atoms with E-state index in [4.69, 9.17) is 0 Å². The van der Waals surface area contributed by atoms with Gasteiger partial charge in [0.15, 0.2) is 5.78 Å². The summed E-state index contributed by atoms with van der Waals surface area (Å²) in [5.41, 5.74) is 3.50. The number of Topliss-reactive ketones (excluding diaryl/α,β-unsaturated/α-hetero) is 1. The number of hydrogen-bond donors (Lipinski definition) is 0. The Morgan fingerprint density at radius 1 is 1.07 bits per heavy atom. The van der Waals surface area contributed by atoms with Gasteiger partial charge in [-0.3, -0.25) is 19.3 Å². The van der Waals surface area contributed by atoms with Crippen LogP contribution >= 0.6 is 11.8 Å². The van der Waals surface area contributed by atoms with Gasteiger partial charge in [-0.25, -0.2) is 0 Å². The van der Waals surface area contributed by atoms with Gasteiger partial charge in [0.25, 0.3) is 11.1 Å². The van der Waals surface area contributed by atoms with Crippen molar-refractivity contribution < 1.29 is 14.4 Å². The van der Waals surface area contributed by atoms with E-state index in [0.717, 1.165) is 45.2 Å². The summed E-state index contributed by atoms with van der Waals surface area (Å²) in [7, 11) is 0. The van der Waals surface area contributed by atoms with Gasteiger partial charge in [-0.15, -0.1) is 0 Å². The molecule has 0 radical (unpaired) electrons. The number of imide groups is 1. The normalized spacial score (nSPS) is 15.7. The molecule has 0 bridgehead atoms. The van der Waals surface area contributed by atoms with Gasteiger partial charge in [-0.2, -0.15) is 0 Å². The van der Waals surface area contributed by atoms with Crippen LogP contribution in [-0.4, -0.2) is 32.9 Å². The molecule has 4 rings (SSSR count). The van der Waals surface area contributed by atoms with Gasteiger partial charge in [0, 0.05) is 34.8 Å². The first-order valence-electron chi connectivity index (χ1n) is 9.41. The third kappa shape index (κ3) is 3.63. The molecular weight excluding hydrogens is 384 g/mol. The van der Waals surface area contributed by atoms with Crippen molar-refractivity contribution in [3.63, 3.8) is 0 Å². The SMILES string of the molecule is CCn1cc(/C=C2\SC(=O)N(CC(=O)c3ccc(C)cc3)C2=O)c2ccccc21. The molecule has 0 unspecified atom stereocenters. The molecule has 29 heavy (non-hydrogen) atoms. The molecule has 3 aromatic rings. The van der Waals surface area contributed by atoms with Crippen molar-refractivity contribution in [1.82, 2.24) is 9.47 Å². The van der Waals surface area contributed by atoms with E-state index in [1.54, 1.807) is 18.2 Å². The Labute approximate surface area is 173 Å². The summed E-state index contributed by atoms with van der Waals surface area (Å²) < 4.78 is 2.10. The molecular formula is C23H20N2O3S. The zero-order valence-corrected chi connectivity index (χ0v) is 17.0. The molecule has 1 saturated heterocycles. The van der Waals surface area contributed by atoms with Gasteiger partial charge in [-0.1, -0.05) is 48.0 Å². The van der Waals surface area contributed by atoms with Crippen LogP contribution in [-0.2, 0) is 11.3 Å². The summed E-state index contributed by atoms with van der Waals surface area (Å²) in [4.78, 5) is 39.1. The summed E-state index contributed by atoms with van der Waals surface area (Å²) in [5.74, 6) is -0.676. The lowest BCUT2D eigenvalue weighted by Crippen LogP contribution is -2.33. The van der Waals surface area contributed by atoms with Crippen molar-refractivity contribution in [2.45, 2.75) is 20.4 Å². The highest BCUT2D eigenvalue weighted by atomic mass is 32.2. The Hall–Kier alpha value is -3.12. The van der Waals surface area contributed by atoms with Crippen LogP contribution in [0.5, 0.6) is 0 Å². The molecule has 146 valence electrons. The summed E-state index contributed by atoms with van der Waals surface area (Å²) >= 11 is 0.879. The first kappa shape index (κ1) is 19.2. The predicted octanol–water partition coefficient (Wildman–Crippen LogP) is 4.89. The van der Waals surface area contributed by atoms with E-state index in [2.05, 4.69) is 11.5 Å². The summed E-state index contributed by atoms with van der Waals surface area (Å²) in [6, 6.07) is 15.1. The molecule has 1 aliphatic rings. The number of rotatable bonds is 5. The van der Waals surface area contributed by atoms with Crippen molar-refractivity contribution in [2.75, 3.05) is 6.54 Å². The number of carbonyl (C=O) groups is 3. The van der Waals surface area contributed by atoms with E-state index >= 15 is 0 Å². The lowest BCUT2D eigenvalue weighted by atomic mass is 10.1. The molecule has 2 aromatic carbocycles. The fourth-order valence-electron chi connectivity index (χ4n) is 3.40. The number of para-hydroxylation sites is 1. The summed E-state index contributed by atoms with van der Waals surface area (Å²) in [6.07, 6.45) is 3.73. The molecule has 1 aromatic heterocycles. The maximum atomic E-state index is 12.8. The molecule has 0 N–H and O–H groups in total. The summed E-state index contributed by atoms with van der Waals surface area (Å²) in [5, 5.41) is 0.609. The number of amides is 2. The van der Waals surface area contributed by atoms with E-state index in [-0.39, 0.29) is 12.3 Å². The first-order chi connectivity index (χ1) is 14.0. The Morgan fingerprint density at radius 2 is 1.79 bits per heavy atom. The smallest absolute Gasteiger partial charge is 0.293 e. The highest BCUT2D eigenvalue weighted by molar-refractivity contribution is 8.18. The van der Waals surface area contributed by atoms with Crippen LogP contribution in [0.3, 0.4) is 0 Å². The van der Waals surface area contributed by atoms with E-state index in [0.29, 0.717) is 10.5 Å². The minimum atomic E-state index is -0.422. The maximum Gasteiger partial charge on any atom is 0.293 e. The molecule has 0 atom stereocenters. The number of ketones is 1. The van der Waals surface area contributed by atoms with Crippen LogP contribution in [0.2, 0.25) is 0 Å². The summed E-state index contributed by atoms with van der Waals surface area (Å²) in [6.45, 7) is 4.55.